The van der Waals surface area contributed by atoms with Gasteiger partial charge in [-0.05, 0) is 41.0 Å². The van der Waals surface area contributed by atoms with Crippen molar-refractivity contribution in [3.8, 4) is 0 Å². The summed E-state index contributed by atoms with van der Waals surface area (Å²) in [4.78, 5) is 2.67. The molecule has 2 rings (SSSR count). The van der Waals surface area contributed by atoms with Crippen LogP contribution < -0.4 is 0 Å². The molecule has 0 aromatic heterocycles. The van der Waals surface area contributed by atoms with Gasteiger partial charge in [-0.15, -0.1) is 0 Å². The van der Waals surface area contributed by atoms with Gasteiger partial charge in [-0.1, -0.05) is 19.1 Å². The molecule has 1 aromatic rings. The summed E-state index contributed by atoms with van der Waals surface area (Å²) in [7, 11) is -3.37. The largest absolute Gasteiger partial charge is 0.301 e. The average Bonchev–Trinajstić information content (AvgIpc) is 2.40. The number of benzene rings is 1. The van der Waals surface area contributed by atoms with E-state index in [2.05, 4.69) is 27.8 Å². The van der Waals surface area contributed by atoms with Gasteiger partial charge in [0.15, 0.2) is 0 Å². The summed E-state index contributed by atoms with van der Waals surface area (Å²) in [5, 5.41) is 0. The Morgan fingerprint density at radius 2 is 1.79 bits per heavy atom. The van der Waals surface area contributed by atoms with Crippen LogP contribution in [0.15, 0.2) is 33.6 Å². The maximum absolute atomic E-state index is 12.6. The summed E-state index contributed by atoms with van der Waals surface area (Å²) in [6, 6.07) is 6.99. The molecule has 0 amide bonds. The Morgan fingerprint density at radius 3 is 2.37 bits per heavy atom. The second kappa shape index (κ2) is 6.35. The van der Waals surface area contributed by atoms with Gasteiger partial charge in [-0.25, -0.2) is 8.42 Å². The van der Waals surface area contributed by atoms with Crippen molar-refractivity contribution in [3.05, 3.63) is 28.7 Å². The smallest absolute Gasteiger partial charge is 0.244 e. The summed E-state index contributed by atoms with van der Waals surface area (Å²) in [5.41, 5.74) is 0. The Hall–Kier alpha value is -0.430. The van der Waals surface area contributed by atoms with Crippen molar-refractivity contribution in [2.75, 3.05) is 32.7 Å². The third-order valence-corrected chi connectivity index (χ3v) is 6.24. The third kappa shape index (κ3) is 3.37. The summed E-state index contributed by atoms with van der Waals surface area (Å²) in [5.74, 6) is 0. The Balaban J connectivity index is 2.12. The van der Waals surface area contributed by atoms with E-state index < -0.39 is 10.0 Å². The monoisotopic (exact) mass is 346 g/mol. The van der Waals surface area contributed by atoms with Crippen LogP contribution >= 0.6 is 15.9 Å². The van der Waals surface area contributed by atoms with Crippen LogP contribution in [0.2, 0.25) is 0 Å². The predicted molar refractivity (Wildman–Crippen MR) is 79.6 cm³/mol. The minimum absolute atomic E-state index is 0.360. The molecule has 4 nitrogen and oxygen atoms in total. The minimum Gasteiger partial charge on any atom is -0.301 e. The first-order valence-electron chi connectivity index (χ1n) is 6.52. The van der Waals surface area contributed by atoms with Crippen molar-refractivity contribution in [2.45, 2.75) is 18.2 Å². The quantitative estimate of drug-likeness (QED) is 0.838. The fourth-order valence-corrected chi connectivity index (χ4v) is 4.69. The maximum atomic E-state index is 12.6. The van der Waals surface area contributed by atoms with Crippen molar-refractivity contribution in [3.63, 3.8) is 0 Å². The van der Waals surface area contributed by atoms with Crippen LogP contribution in [-0.4, -0.2) is 50.3 Å². The molecule has 19 heavy (non-hydrogen) atoms. The van der Waals surface area contributed by atoms with E-state index in [1.807, 2.05) is 6.07 Å². The molecule has 1 fully saturated rings. The Labute approximate surface area is 123 Å². The zero-order chi connectivity index (χ0) is 13.9. The number of halogens is 1. The van der Waals surface area contributed by atoms with Gasteiger partial charge in [0, 0.05) is 30.7 Å². The van der Waals surface area contributed by atoms with Gasteiger partial charge in [0.2, 0.25) is 10.0 Å². The molecular formula is C13H19BrN2O2S. The van der Waals surface area contributed by atoms with E-state index in [4.69, 9.17) is 0 Å². The molecule has 1 aromatic carbocycles. The molecule has 1 saturated heterocycles. The molecule has 0 bridgehead atoms. The zero-order valence-electron chi connectivity index (χ0n) is 11.0. The number of sulfonamides is 1. The fourth-order valence-electron chi connectivity index (χ4n) is 2.30. The lowest BCUT2D eigenvalue weighted by atomic mass is 10.3. The van der Waals surface area contributed by atoms with E-state index in [1.165, 1.54) is 0 Å². The summed E-state index contributed by atoms with van der Waals surface area (Å²) >= 11 is 3.32. The van der Waals surface area contributed by atoms with Crippen LogP contribution in [0.4, 0.5) is 0 Å². The lowest BCUT2D eigenvalue weighted by Crippen LogP contribution is -2.48. The van der Waals surface area contributed by atoms with E-state index in [0.717, 1.165) is 26.1 Å². The summed E-state index contributed by atoms with van der Waals surface area (Å²) < 4.78 is 27.3. The van der Waals surface area contributed by atoms with Gasteiger partial charge in [0.25, 0.3) is 0 Å². The molecule has 0 radical (unpaired) electrons. The highest BCUT2D eigenvalue weighted by Gasteiger charge is 2.29. The average molecular weight is 347 g/mol. The second-order valence-corrected chi connectivity index (χ2v) is 7.44. The maximum Gasteiger partial charge on any atom is 0.244 e. The first-order valence-corrected chi connectivity index (χ1v) is 8.76. The van der Waals surface area contributed by atoms with E-state index in [0.29, 0.717) is 22.5 Å². The van der Waals surface area contributed by atoms with Gasteiger partial charge in [-0.3, -0.25) is 0 Å². The fraction of sp³-hybridized carbons (Fsp3) is 0.538. The molecule has 0 aliphatic carbocycles. The number of hydrogen-bond acceptors (Lipinski definition) is 3. The molecule has 0 saturated carbocycles. The standard InChI is InChI=1S/C13H19BrN2O2S/c1-2-7-15-8-10-16(11-9-15)19(17,18)13-6-4-3-5-12(13)14/h3-6H,2,7-11H2,1H3. The number of hydrogen-bond donors (Lipinski definition) is 0. The Morgan fingerprint density at radius 1 is 1.16 bits per heavy atom. The highest BCUT2D eigenvalue weighted by atomic mass is 79.9. The van der Waals surface area contributed by atoms with Gasteiger partial charge in [0.1, 0.15) is 0 Å². The number of piperazine rings is 1. The normalized spacial score (nSPS) is 18.6. The second-order valence-electron chi connectivity index (χ2n) is 4.68. The first-order chi connectivity index (χ1) is 9.05. The van der Waals surface area contributed by atoms with E-state index in [-0.39, 0.29) is 0 Å². The Bertz CT molecular complexity index is 525. The van der Waals surface area contributed by atoms with Gasteiger partial charge in [0.05, 0.1) is 4.90 Å². The SMILES string of the molecule is CCCN1CCN(S(=O)(=O)c2ccccc2Br)CC1. The summed E-state index contributed by atoms with van der Waals surface area (Å²) in [6.07, 6.45) is 1.11. The van der Waals surface area contributed by atoms with Crippen molar-refractivity contribution in [1.82, 2.24) is 9.21 Å². The van der Waals surface area contributed by atoms with Crippen LogP contribution in [0.3, 0.4) is 0 Å². The lowest BCUT2D eigenvalue weighted by Gasteiger charge is -2.33. The number of nitrogens with zero attached hydrogens (tertiary/aromatic N) is 2. The molecule has 1 aliphatic rings. The van der Waals surface area contributed by atoms with Crippen LogP contribution in [0.5, 0.6) is 0 Å². The molecule has 0 unspecified atom stereocenters. The minimum atomic E-state index is -3.37. The van der Waals surface area contributed by atoms with E-state index in [9.17, 15) is 8.42 Å². The van der Waals surface area contributed by atoms with Crippen molar-refractivity contribution in [2.24, 2.45) is 0 Å². The van der Waals surface area contributed by atoms with Crippen LogP contribution in [0, 0.1) is 0 Å². The van der Waals surface area contributed by atoms with Crippen molar-refractivity contribution < 1.29 is 8.42 Å². The molecule has 1 aliphatic heterocycles. The molecule has 1 heterocycles. The lowest BCUT2D eigenvalue weighted by molar-refractivity contribution is 0.188. The van der Waals surface area contributed by atoms with Crippen LogP contribution in [0.25, 0.3) is 0 Å². The molecular weight excluding hydrogens is 328 g/mol. The topological polar surface area (TPSA) is 40.6 Å². The summed E-state index contributed by atoms with van der Waals surface area (Å²) in [6.45, 7) is 5.97. The first kappa shape index (κ1) is 15.0. The van der Waals surface area contributed by atoms with Gasteiger partial charge in [-0.2, -0.15) is 4.31 Å². The van der Waals surface area contributed by atoms with Crippen molar-refractivity contribution in [1.29, 1.82) is 0 Å². The molecule has 0 N–H and O–H groups in total. The van der Waals surface area contributed by atoms with Crippen LogP contribution in [0.1, 0.15) is 13.3 Å². The molecule has 0 spiro atoms. The molecule has 6 heteroatoms. The van der Waals surface area contributed by atoms with Gasteiger partial charge >= 0.3 is 0 Å². The molecule has 106 valence electrons. The van der Waals surface area contributed by atoms with Crippen molar-refractivity contribution >= 4 is 26.0 Å². The van der Waals surface area contributed by atoms with Crippen LogP contribution in [-0.2, 0) is 10.0 Å². The Kier molecular flexibility index (Phi) is 5.00. The van der Waals surface area contributed by atoms with E-state index in [1.54, 1.807) is 22.5 Å². The van der Waals surface area contributed by atoms with E-state index >= 15 is 0 Å². The highest BCUT2D eigenvalue weighted by Crippen LogP contribution is 2.25. The third-order valence-electron chi connectivity index (χ3n) is 3.33. The zero-order valence-corrected chi connectivity index (χ0v) is 13.5. The highest BCUT2D eigenvalue weighted by molar-refractivity contribution is 9.10. The molecule has 0 atom stereocenters. The van der Waals surface area contributed by atoms with Gasteiger partial charge < -0.3 is 4.90 Å². The predicted octanol–water partition coefficient (Wildman–Crippen LogP) is 2.17. The number of rotatable bonds is 4.